The molecule has 0 bridgehead atoms. The van der Waals surface area contributed by atoms with Crippen molar-refractivity contribution in [3.8, 4) is 5.75 Å². The van der Waals surface area contributed by atoms with E-state index in [1.807, 2.05) is 24.3 Å². The van der Waals surface area contributed by atoms with Crippen molar-refractivity contribution >= 4 is 17.3 Å². The molecule has 3 aromatic carbocycles. The van der Waals surface area contributed by atoms with Gasteiger partial charge in [0.1, 0.15) is 23.1 Å². The van der Waals surface area contributed by atoms with Crippen molar-refractivity contribution in [3.05, 3.63) is 102 Å². The Morgan fingerprint density at radius 1 is 0.862 bits per heavy atom. The molecule has 146 valence electrons. The third-order valence-electron chi connectivity index (χ3n) is 4.74. The number of anilines is 2. The zero-order valence-corrected chi connectivity index (χ0v) is 15.6. The van der Waals surface area contributed by atoms with Crippen LogP contribution in [0.15, 0.2) is 84.6 Å². The van der Waals surface area contributed by atoms with Crippen molar-refractivity contribution in [3.63, 3.8) is 0 Å². The van der Waals surface area contributed by atoms with Gasteiger partial charge in [0.15, 0.2) is 0 Å². The normalized spacial score (nSPS) is 16.0. The minimum absolute atomic E-state index is 0.262. The average Bonchev–Trinajstić information content (AvgIpc) is 3.06. The predicted molar refractivity (Wildman–Crippen MR) is 108 cm³/mol. The molecular formula is C23H18F2N2O2. The summed E-state index contributed by atoms with van der Waals surface area (Å²) in [6.07, 6.45) is 1.80. The summed E-state index contributed by atoms with van der Waals surface area (Å²) in [5.41, 5.74) is 2.41. The Balaban J connectivity index is 1.71. The second kappa shape index (κ2) is 7.75. The number of amides is 1. The van der Waals surface area contributed by atoms with Gasteiger partial charge in [-0.25, -0.2) is 8.78 Å². The molecule has 4 nitrogen and oxygen atoms in total. The zero-order chi connectivity index (χ0) is 20.4. The maximum Gasteiger partial charge on any atom is 0.275 e. The summed E-state index contributed by atoms with van der Waals surface area (Å²) in [7, 11) is 1.59. The van der Waals surface area contributed by atoms with Crippen LogP contribution in [0.4, 0.5) is 20.2 Å². The van der Waals surface area contributed by atoms with Gasteiger partial charge in [-0.1, -0.05) is 12.1 Å². The van der Waals surface area contributed by atoms with Crippen molar-refractivity contribution < 1.29 is 18.3 Å². The maximum absolute atomic E-state index is 13.4. The van der Waals surface area contributed by atoms with Gasteiger partial charge in [-0.2, -0.15) is 0 Å². The van der Waals surface area contributed by atoms with Gasteiger partial charge in [0.05, 0.1) is 13.2 Å². The summed E-state index contributed by atoms with van der Waals surface area (Å²) in [6, 6.07) is 18.6. The van der Waals surface area contributed by atoms with E-state index < -0.39 is 0 Å². The second-order valence-corrected chi connectivity index (χ2v) is 6.58. The topological polar surface area (TPSA) is 41.6 Å². The van der Waals surface area contributed by atoms with Crippen LogP contribution in [-0.2, 0) is 4.79 Å². The first-order valence-electron chi connectivity index (χ1n) is 9.02. The second-order valence-electron chi connectivity index (χ2n) is 6.58. The van der Waals surface area contributed by atoms with Crippen molar-refractivity contribution in [2.75, 3.05) is 17.3 Å². The van der Waals surface area contributed by atoms with E-state index in [4.69, 9.17) is 4.74 Å². The molecule has 1 heterocycles. The lowest BCUT2D eigenvalue weighted by Crippen LogP contribution is -2.30. The van der Waals surface area contributed by atoms with Gasteiger partial charge in [0.2, 0.25) is 0 Å². The number of nitrogens with one attached hydrogen (secondary N) is 1. The molecule has 0 radical (unpaired) electrons. The fourth-order valence-electron chi connectivity index (χ4n) is 3.27. The molecule has 0 aliphatic carbocycles. The first-order chi connectivity index (χ1) is 14.0. The van der Waals surface area contributed by atoms with Crippen LogP contribution in [-0.4, -0.2) is 13.0 Å². The number of methoxy groups -OCH3 is 1. The van der Waals surface area contributed by atoms with Crippen LogP contribution in [0.2, 0.25) is 0 Å². The molecule has 1 unspecified atom stereocenters. The first-order valence-corrected chi connectivity index (χ1v) is 9.02. The van der Waals surface area contributed by atoms with Gasteiger partial charge >= 0.3 is 0 Å². The summed E-state index contributed by atoms with van der Waals surface area (Å²) in [4.78, 5) is 14.8. The van der Waals surface area contributed by atoms with Crippen molar-refractivity contribution in [1.29, 1.82) is 0 Å². The van der Waals surface area contributed by atoms with E-state index in [9.17, 15) is 13.6 Å². The molecule has 0 aromatic heterocycles. The Bertz CT molecular complexity index is 1050. The van der Waals surface area contributed by atoms with Crippen LogP contribution in [0, 0.1) is 11.6 Å². The lowest BCUT2D eigenvalue weighted by atomic mass is 10.1. The van der Waals surface area contributed by atoms with E-state index in [2.05, 4.69) is 5.32 Å². The summed E-state index contributed by atoms with van der Waals surface area (Å²) < 4.78 is 31.8. The maximum atomic E-state index is 13.4. The van der Waals surface area contributed by atoms with Crippen molar-refractivity contribution in [1.82, 2.24) is 0 Å². The third-order valence-corrected chi connectivity index (χ3v) is 4.74. The highest BCUT2D eigenvalue weighted by Gasteiger charge is 2.34. The highest BCUT2D eigenvalue weighted by atomic mass is 19.1. The van der Waals surface area contributed by atoms with Gasteiger partial charge in [-0.15, -0.1) is 0 Å². The minimum atomic E-state index is -0.387. The number of ether oxygens (including phenoxy) is 1. The van der Waals surface area contributed by atoms with E-state index in [1.54, 1.807) is 42.4 Å². The van der Waals surface area contributed by atoms with Crippen LogP contribution >= 0.6 is 0 Å². The summed E-state index contributed by atoms with van der Waals surface area (Å²) in [5.74, 6) is -0.285. The lowest BCUT2D eigenvalue weighted by molar-refractivity contribution is -0.114. The molecule has 0 saturated carbocycles. The minimum Gasteiger partial charge on any atom is -0.497 e. The summed E-state index contributed by atoms with van der Waals surface area (Å²) in [6.45, 7) is 0. The van der Waals surface area contributed by atoms with Gasteiger partial charge in [0, 0.05) is 11.4 Å². The molecule has 6 heteroatoms. The van der Waals surface area contributed by atoms with Crippen LogP contribution in [0.25, 0.3) is 0 Å². The molecule has 1 N–H and O–H groups in total. The zero-order valence-electron chi connectivity index (χ0n) is 15.6. The molecule has 1 aliphatic rings. The van der Waals surface area contributed by atoms with E-state index in [0.29, 0.717) is 22.8 Å². The predicted octanol–water partition coefficient (Wildman–Crippen LogP) is 5.06. The van der Waals surface area contributed by atoms with E-state index in [-0.39, 0.29) is 23.6 Å². The van der Waals surface area contributed by atoms with Crippen molar-refractivity contribution in [2.24, 2.45) is 0 Å². The quantitative estimate of drug-likeness (QED) is 0.660. The highest BCUT2D eigenvalue weighted by molar-refractivity contribution is 6.11. The van der Waals surface area contributed by atoms with Crippen LogP contribution < -0.4 is 15.0 Å². The molecule has 1 atom stereocenters. The Kier molecular flexibility index (Phi) is 4.99. The Hall–Kier alpha value is -3.67. The van der Waals surface area contributed by atoms with Gasteiger partial charge < -0.3 is 10.1 Å². The Labute approximate surface area is 167 Å². The number of benzene rings is 3. The molecule has 1 amide bonds. The number of hydrogen-bond donors (Lipinski definition) is 1. The monoisotopic (exact) mass is 392 g/mol. The molecular weight excluding hydrogens is 374 g/mol. The molecule has 1 aliphatic heterocycles. The molecule has 3 aromatic rings. The molecule has 0 saturated heterocycles. The lowest BCUT2D eigenvalue weighted by Gasteiger charge is -2.25. The third kappa shape index (κ3) is 3.82. The molecule has 4 rings (SSSR count). The average molecular weight is 392 g/mol. The SMILES string of the molecule is COc1ccc(C2C=C(Nc3ccc(F)cc3)C(=O)N2c2ccc(F)cc2)cc1. The number of hydrogen-bond acceptors (Lipinski definition) is 3. The molecule has 0 spiro atoms. The van der Waals surface area contributed by atoms with E-state index in [0.717, 1.165) is 5.56 Å². The molecule has 29 heavy (non-hydrogen) atoms. The van der Waals surface area contributed by atoms with Crippen LogP contribution in [0.1, 0.15) is 11.6 Å². The van der Waals surface area contributed by atoms with E-state index in [1.165, 1.54) is 24.3 Å². The highest BCUT2D eigenvalue weighted by Crippen LogP contribution is 2.36. The number of carbonyl (C=O) groups excluding carboxylic acids is 1. The van der Waals surface area contributed by atoms with E-state index >= 15 is 0 Å². The van der Waals surface area contributed by atoms with Crippen LogP contribution in [0.5, 0.6) is 5.75 Å². The summed E-state index contributed by atoms with van der Waals surface area (Å²) >= 11 is 0. The number of rotatable bonds is 5. The number of nitrogens with zero attached hydrogens (tertiary/aromatic N) is 1. The van der Waals surface area contributed by atoms with Gasteiger partial charge in [-0.05, 0) is 72.3 Å². The Morgan fingerprint density at radius 3 is 2.03 bits per heavy atom. The number of halogens is 2. The first kappa shape index (κ1) is 18.7. The van der Waals surface area contributed by atoms with Crippen molar-refractivity contribution in [2.45, 2.75) is 6.04 Å². The standard InChI is InChI=1S/C23H18F2N2O2/c1-29-20-12-2-15(3-13-20)22-14-21(26-18-8-4-16(24)5-9-18)23(28)27(22)19-10-6-17(25)7-11-19/h2-14,22,26H,1H3. The Morgan fingerprint density at radius 2 is 1.45 bits per heavy atom. The van der Waals surface area contributed by atoms with Gasteiger partial charge in [-0.3, -0.25) is 9.69 Å². The smallest absolute Gasteiger partial charge is 0.275 e. The summed E-state index contributed by atoms with van der Waals surface area (Å²) in [5, 5.41) is 3.06. The largest absolute Gasteiger partial charge is 0.497 e. The fraction of sp³-hybridized carbons (Fsp3) is 0.0870. The fourth-order valence-corrected chi connectivity index (χ4v) is 3.27. The molecule has 0 fully saturated rings. The van der Waals surface area contributed by atoms with Gasteiger partial charge in [0.25, 0.3) is 5.91 Å². The van der Waals surface area contributed by atoms with Crippen LogP contribution in [0.3, 0.4) is 0 Å². The number of carbonyl (C=O) groups is 1.